The van der Waals surface area contributed by atoms with E-state index in [4.69, 9.17) is 12.2 Å². The molecule has 30 heavy (non-hydrogen) atoms. The van der Waals surface area contributed by atoms with Crippen molar-refractivity contribution < 1.29 is 9.18 Å². The van der Waals surface area contributed by atoms with Crippen molar-refractivity contribution in [1.82, 2.24) is 29.6 Å². The van der Waals surface area contributed by atoms with E-state index in [1.54, 1.807) is 35.9 Å². The highest BCUT2D eigenvalue weighted by molar-refractivity contribution is 7.71. The molecule has 0 saturated carbocycles. The summed E-state index contributed by atoms with van der Waals surface area (Å²) in [5, 5.41) is 12.0. The number of aryl methyl sites for hydroxylation is 1. The molecule has 1 unspecified atom stereocenters. The molecule has 4 rings (SSSR count). The molecular weight excluding hydrogens is 423 g/mol. The van der Waals surface area contributed by atoms with Crippen LogP contribution >= 0.6 is 23.6 Å². The summed E-state index contributed by atoms with van der Waals surface area (Å²) in [6.45, 7) is 0.380. The van der Waals surface area contributed by atoms with Gasteiger partial charge in [0.1, 0.15) is 17.7 Å². The van der Waals surface area contributed by atoms with E-state index < -0.39 is 6.04 Å². The average Bonchev–Trinajstić information content (AvgIpc) is 3.47. The Bertz CT molecular complexity index is 1190. The van der Waals surface area contributed by atoms with Crippen LogP contribution in [0.1, 0.15) is 23.9 Å². The van der Waals surface area contributed by atoms with E-state index in [2.05, 4.69) is 20.5 Å². The first kappa shape index (κ1) is 20.2. The lowest BCUT2D eigenvalue weighted by Crippen LogP contribution is -2.31. The molecule has 3 heterocycles. The van der Waals surface area contributed by atoms with Crippen LogP contribution in [0.4, 0.5) is 4.39 Å². The SMILES string of the molecule is Cn1ccnc1C(NC(=O)CCn1c(-c2cccs2)n[nH]c1=S)c1ccc(F)cc1. The number of halogens is 1. The van der Waals surface area contributed by atoms with Gasteiger partial charge in [0.2, 0.25) is 5.91 Å². The minimum atomic E-state index is -0.493. The van der Waals surface area contributed by atoms with Crippen molar-refractivity contribution in [2.45, 2.75) is 19.0 Å². The lowest BCUT2D eigenvalue weighted by molar-refractivity contribution is -0.121. The summed E-state index contributed by atoms with van der Waals surface area (Å²) in [4.78, 5) is 18.1. The van der Waals surface area contributed by atoms with E-state index in [0.29, 0.717) is 23.0 Å². The Balaban J connectivity index is 1.52. The van der Waals surface area contributed by atoms with Crippen molar-refractivity contribution in [2.75, 3.05) is 0 Å². The highest BCUT2D eigenvalue weighted by atomic mass is 32.1. The van der Waals surface area contributed by atoms with Crippen LogP contribution in [0.25, 0.3) is 10.7 Å². The molecule has 0 bridgehead atoms. The number of imidazole rings is 1. The van der Waals surface area contributed by atoms with Gasteiger partial charge in [0.05, 0.1) is 4.88 Å². The third kappa shape index (κ3) is 4.24. The lowest BCUT2D eigenvalue weighted by atomic mass is 10.1. The van der Waals surface area contributed by atoms with E-state index >= 15 is 0 Å². The largest absolute Gasteiger partial charge is 0.342 e. The van der Waals surface area contributed by atoms with Gasteiger partial charge in [-0.2, -0.15) is 5.10 Å². The minimum absolute atomic E-state index is 0.174. The number of aromatic amines is 1. The fourth-order valence-corrected chi connectivity index (χ4v) is 4.12. The lowest BCUT2D eigenvalue weighted by Gasteiger charge is -2.19. The van der Waals surface area contributed by atoms with Gasteiger partial charge in [-0.15, -0.1) is 11.3 Å². The van der Waals surface area contributed by atoms with Gasteiger partial charge in [0.25, 0.3) is 0 Å². The fourth-order valence-electron chi connectivity index (χ4n) is 3.17. The number of rotatable bonds is 7. The molecule has 0 radical (unpaired) electrons. The number of carbonyl (C=O) groups excluding carboxylic acids is 1. The van der Waals surface area contributed by atoms with Crippen molar-refractivity contribution >= 4 is 29.5 Å². The Hall–Kier alpha value is -3.11. The molecule has 0 spiro atoms. The van der Waals surface area contributed by atoms with Crippen LogP contribution < -0.4 is 5.32 Å². The summed E-state index contributed by atoms with van der Waals surface area (Å²) in [6.07, 6.45) is 3.67. The number of carbonyl (C=O) groups is 1. The molecule has 154 valence electrons. The number of amides is 1. The highest BCUT2D eigenvalue weighted by Gasteiger charge is 2.21. The Morgan fingerprint density at radius 2 is 2.13 bits per heavy atom. The van der Waals surface area contributed by atoms with E-state index in [0.717, 1.165) is 10.4 Å². The summed E-state index contributed by atoms with van der Waals surface area (Å²) >= 11 is 6.88. The van der Waals surface area contributed by atoms with Crippen LogP contribution in [-0.2, 0) is 18.4 Å². The Morgan fingerprint density at radius 1 is 1.33 bits per heavy atom. The van der Waals surface area contributed by atoms with Crippen molar-refractivity contribution in [3.63, 3.8) is 0 Å². The van der Waals surface area contributed by atoms with Crippen LogP contribution in [0.3, 0.4) is 0 Å². The van der Waals surface area contributed by atoms with Gasteiger partial charge in [0.15, 0.2) is 10.6 Å². The van der Waals surface area contributed by atoms with Crippen molar-refractivity contribution in [3.8, 4) is 10.7 Å². The Labute approximate surface area is 181 Å². The van der Waals surface area contributed by atoms with Crippen molar-refractivity contribution in [3.05, 3.63) is 76.1 Å². The zero-order chi connectivity index (χ0) is 21.1. The minimum Gasteiger partial charge on any atom is -0.342 e. The standard InChI is InChI=1S/C20H19FN6OS2/c1-26-11-9-22-19(26)17(13-4-6-14(21)7-5-13)23-16(28)8-10-27-18(24-25-20(27)29)15-3-2-12-30-15/h2-7,9,11-12,17H,8,10H2,1H3,(H,23,28)(H,25,29). The highest BCUT2D eigenvalue weighted by Crippen LogP contribution is 2.24. The predicted octanol–water partition coefficient (Wildman–Crippen LogP) is 3.84. The second kappa shape index (κ2) is 8.72. The van der Waals surface area contributed by atoms with Crippen LogP contribution in [0, 0.1) is 10.6 Å². The molecule has 10 heteroatoms. The Morgan fingerprint density at radius 3 is 2.80 bits per heavy atom. The quantitative estimate of drug-likeness (QED) is 0.426. The maximum Gasteiger partial charge on any atom is 0.222 e. The normalized spacial score (nSPS) is 12.1. The first-order chi connectivity index (χ1) is 14.5. The first-order valence-electron chi connectivity index (χ1n) is 9.24. The molecular formula is C20H19FN6OS2. The van der Waals surface area contributed by atoms with Gasteiger partial charge in [-0.3, -0.25) is 14.5 Å². The molecule has 1 atom stereocenters. The van der Waals surface area contributed by atoms with E-state index in [1.807, 2.05) is 33.7 Å². The first-order valence-corrected chi connectivity index (χ1v) is 10.5. The van der Waals surface area contributed by atoms with Crippen LogP contribution in [0.2, 0.25) is 0 Å². The van der Waals surface area contributed by atoms with Gasteiger partial charge in [-0.1, -0.05) is 18.2 Å². The average molecular weight is 443 g/mol. The number of nitrogens with one attached hydrogen (secondary N) is 2. The number of H-pyrrole nitrogens is 1. The maximum absolute atomic E-state index is 13.4. The van der Waals surface area contributed by atoms with E-state index in [-0.39, 0.29) is 18.1 Å². The molecule has 3 aromatic heterocycles. The second-order valence-corrected chi connectivity index (χ2v) is 8.01. The zero-order valence-electron chi connectivity index (χ0n) is 16.1. The fraction of sp³-hybridized carbons (Fsp3) is 0.200. The molecule has 0 aliphatic carbocycles. The summed E-state index contributed by atoms with van der Waals surface area (Å²) in [7, 11) is 1.85. The zero-order valence-corrected chi connectivity index (χ0v) is 17.7. The number of benzene rings is 1. The van der Waals surface area contributed by atoms with E-state index in [9.17, 15) is 9.18 Å². The van der Waals surface area contributed by atoms with Crippen LogP contribution in [-0.4, -0.2) is 30.2 Å². The topological polar surface area (TPSA) is 80.5 Å². The van der Waals surface area contributed by atoms with Gasteiger partial charge >= 0.3 is 0 Å². The number of aromatic nitrogens is 5. The molecule has 7 nitrogen and oxygen atoms in total. The maximum atomic E-state index is 13.4. The number of nitrogens with zero attached hydrogens (tertiary/aromatic N) is 4. The van der Waals surface area contributed by atoms with Gasteiger partial charge in [-0.05, 0) is 41.4 Å². The van der Waals surface area contributed by atoms with Gasteiger partial charge in [0, 0.05) is 32.4 Å². The summed E-state index contributed by atoms with van der Waals surface area (Å²) in [6, 6.07) is 9.44. The number of hydrogen-bond acceptors (Lipinski definition) is 5. The third-order valence-electron chi connectivity index (χ3n) is 4.69. The second-order valence-electron chi connectivity index (χ2n) is 6.68. The van der Waals surface area contributed by atoms with Crippen LogP contribution in [0.5, 0.6) is 0 Å². The van der Waals surface area contributed by atoms with Gasteiger partial charge < -0.3 is 9.88 Å². The summed E-state index contributed by atoms with van der Waals surface area (Å²) in [5.74, 6) is 0.864. The third-order valence-corrected chi connectivity index (χ3v) is 5.87. The smallest absolute Gasteiger partial charge is 0.222 e. The van der Waals surface area contributed by atoms with Crippen molar-refractivity contribution in [2.24, 2.45) is 7.05 Å². The Kier molecular flexibility index (Phi) is 5.86. The van der Waals surface area contributed by atoms with Crippen molar-refractivity contribution in [1.29, 1.82) is 0 Å². The molecule has 4 aromatic rings. The van der Waals surface area contributed by atoms with Crippen LogP contribution in [0.15, 0.2) is 54.2 Å². The molecule has 1 aromatic carbocycles. The van der Waals surface area contributed by atoms with Gasteiger partial charge in [-0.25, -0.2) is 9.37 Å². The summed E-state index contributed by atoms with van der Waals surface area (Å²) in [5.41, 5.74) is 0.748. The molecule has 0 fully saturated rings. The molecule has 0 aliphatic rings. The number of hydrogen-bond donors (Lipinski definition) is 2. The molecule has 1 amide bonds. The molecule has 0 aliphatic heterocycles. The monoisotopic (exact) mass is 442 g/mol. The molecule has 0 saturated heterocycles. The van der Waals surface area contributed by atoms with E-state index in [1.165, 1.54) is 12.1 Å². The summed E-state index contributed by atoms with van der Waals surface area (Å²) < 4.78 is 17.5. The number of thiophene rings is 1. The predicted molar refractivity (Wildman–Crippen MR) is 115 cm³/mol. The molecule has 2 N–H and O–H groups in total.